The predicted octanol–water partition coefficient (Wildman–Crippen LogP) is 4.05. The Morgan fingerprint density at radius 2 is 1.86 bits per heavy atom. The Labute approximate surface area is 87.9 Å². The van der Waals surface area contributed by atoms with Crippen LogP contribution in [0.15, 0.2) is 23.8 Å². The van der Waals surface area contributed by atoms with Crippen LogP contribution in [0.2, 0.25) is 0 Å². The van der Waals surface area contributed by atoms with Gasteiger partial charge in [-0.3, -0.25) is 4.79 Å². The lowest BCUT2D eigenvalue weighted by atomic mass is 10.1. The van der Waals surface area contributed by atoms with Gasteiger partial charge < -0.3 is 0 Å². The van der Waals surface area contributed by atoms with Crippen molar-refractivity contribution in [2.45, 2.75) is 52.4 Å². The van der Waals surface area contributed by atoms with Gasteiger partial charge in [0.1, 0.15) is 6.29 Å². The second kappa shape index (κ2) is 10.2. The fourth-order valence-electron chi connectivity index (χ4n) is 1.22. The van der Waals surface area contributed by atoms with Gasteiger partial charge in [0.05, 0.1) is 0 Å². The molecule has 0 fully saturated rings. The summed E-state index contributed by atoms with van der Waals surface area (Å²) in [4.78, 5) is 10.2. The van der Waals surface area contributed by atoms with E-state index in [2.05, 4.69) is 13.0 Å². The number of unbranched alkanes of at least 4 members (excludes halogenated alkanes) is 5. The van der Waals surface area contributed by atoms with E-state index in [0.29, 0.717) is 0 Å². The fraction of sp³-hybridized carbons (Fsp3) is 0.615. The molecule has 1 heteroatoms. The maximum atomic E-state index is 10.2. The first-order chi connectivity index (χ1) is 6.81. The molecule has 1 nitrogen and oxygen atoms in total. The van der Waals surface area contributed by atoms with Crippen molar-refractivity contribution in [1.29, 1.82) is 0 Å². The van der Waals surface area contributed by atoms with E-state index in [1.807, 2.05) is 19.1 Å². The summed E-state index contributed by atoms with van der Waals surface area (Å²) in [7, 11) is 0. The lowest BCUT2D eigenvalue weighted by molar-refractivity contribution is -0.104. The molecule has 0 saturated heterocycles. The van der Waals surface area contributed by atoms with Crippen LogP contribution in [0.5, 0.6) is 0 Å². The molecule has 0 aliphatic rings. The van der Waals surface area contributed by atoms with Crippen molar-refractivity contribution in [1.82, 2.24) is 0 Å². The Morgan fingerprint density at radius 3 is 2.50 bits per heavy atom. The first-order valence-corrected chi connectivity index (χ1v) is 5.60. The van der Waals surface area contributed by atoms with E-state index in [1.54, 1.807) is 0 Å². The molecule has 0 saturated carbocycles. The highest BCUT2D eigenvalue weighted by Gasteiger charge is 1.85. The average Bonchev–Trinajstić information content (AvgIpc) is 2.21. The van der Waals surface area contributed by atoms with Gasteiger partial charge in [-0.05, 0) is 25.3 Å². The zero-order chi connectivity index (χ0) is 10.6. The van der Waals surface area contributed by atoms with Gasteiger partial charge in [0, 0.05) is 0 Å². The summed E-state index contributed by atoms with van der Waals surface area (Å²) >= 11 is 0. The largest absolute Gasteiger partial charge is 0.298 e. The molecule has 0 aromatic carbocycles. The topological polar surface area (TPSA) is 17.1 Å². The molecule has 0 unspecified atom stereocenters. The quantitative estimate of drug-likeness (QED) is 0.246. The maximum absolute atomic E-state index is 10.2. The summed E-state index contributed by atoms with van der Waals surface area (Å²) < 4.78 is 0. The highest BCUT2D eigenvalue weighted by atomic mass is 16.1. The Kier molecular flexibility index (Phi) is 9.61. The maximum Gasteiger partial charge on any atom is 0.145 e. The number of carbonyl (C=O) groups excluding carboxylic acids is 1. The molecule has 0 spiro atoms. The second-order valence-corrected chi connectivity index (χ2v) is 3.66. The van der Waals surface area contributed by atoms with Crippen LogP contribution in [0.4, 0.5) is 0 Å². The van der Waals surface area contributed by atoms with Crippen LogP contribution in [0.3, 0.4) is 0 Å². The number of hydrogen-bond donors (Lipinski definition) is 0. The minimum atomic E-state index is 0.784. The predicted molar refractivity (Wildman–Crippen MR) is 62.3 cm³/mol. The van der Waals surface area contributed by atoms with Crippen molar-refractivity contribution >= 4 is 6.29 Å². The van der Waals surface area contributed by atoms with Gasteiger partial charge in [0.2, 0.25) is 0 Å². The summed E-state index contributed by atoms with van der Waals surface area (Å²) in [5.74, 6) is 0. The first kappa shape index (κ1) is 13.2. The summed E-state index contributed by atoms with van der Waals surface area (Å²) in [5.41, 5.74) is 0.784. The van der Waals surface area contributed by atoms with Crippen LogP contribution in [0.25, 0.3) is 0 Å². The van der Waals surface area contributed by atoms with E-state index in [-0.39, 0.29) is 0 Å². The van der Waals surface area contributed by atoms with Crippen LogP contribution in [0, 0.1) is 0 Å². The number of hydrogen-bond acceptors (Lipinski definition) is 1. The smallest absolute Gasteiger partial charge is 0.145 e. The third-order valence-corrected chi connectivity index (χ3v) is 2.16. The molecular formula is C13H22O. The number of carbonyl (C=O) groups is 1. The minimum Gasteiger partial charge on any atom is -0.298 e. The molecule has 0 radical (unpaired) electrons. The Morgan fingerprint density at radius 1 is 1.14 bits per heavy atom. The molecule has 0 amide bonds. The number of allylic oxidation sites excluding steroid dienone is 4. The van der Waals surface area contributed by atoms with Crippen LogP contribution < -0.4 is 0 Å². The van der Waals surface area contributed by atoms with Gasteiger partial charge in [-0.1, -0.05) is 50.8 Å². The molecule has 0 rings (SSSR count). The molecule has 0 aromatic rings. The van der Waals surface area contributed by atoms with Crippen molar-refractivity contribution in [3.8, 4) is 0 Å². The van der Waals surface area contributed by atoms with E-state index in [0.717, 1.165) is 18.3 Å². The van der Waals surface area contributed by atoms with Gasteiger partial charge in [-0.2, -0.15) is 0 Å². The molecule has 0 atom stereocenters. The third kappa shape index (κ3) is 9.24. The standard InChI is InChI=1S/C13H22O/c1-3-4-5-6-7-8-9-10-11-13(2)12-14/h9-12H,3-8H2,1-2H3/b10-9+,13-11-. The van der Waals surface area contributed by atoms with E-state index in [9.17, 15) is 4.79 Å². The third-order valence-electron chi connectivity index (χ3n) is 2.16. The van der Waals surface area contributed by atoms with Crippen LogP contribution in [-0.4, -0.2) is 6.29 Å². The Bertz CT molecular complexity index is 189. The van der Waals surface area contributed by atoms with Gasteiger partial charge in [0.15, 0.2) is 0 Å². The van der Waals surface area contributed by atoms with Crippen molar-refractivity contribution in [3.05, 3.63) is 23.8 Å². The van der Waals surface area contributed by atoms with Crippen molar-refractivity contribution < 1.29 is 4.79 Å². The lowest BCUT2D eigenvalue weighted by Gasteiger charge is -1.95. The zero-order valence-electron chi connectivity index (χ0n) is 9.46. The molecule has 80 valence electrons. The Hall–Kier alpha value is -0.850. The molecule has 0 heterocycles. The van der Waals surface area contributed by atoms with E-state index < -0.39 is 0 Å². The zero-order valence-corrected chi connectivity index (χ0v) is 9.46. The van der Waals surface area contributed by atoms with Crippen molar-refractivity contribution in [2.24, 2.45) is 0 Å². The van der Waals surface area contributed by atoms with Gasteiger partial charge in [-0.15, -0.1) is 0 Å². The van der Waals surface area contributed by atoms with Gasteiger partial charge in [0.25, 0.3) is 0 Å². The second-order valence-electron chi connectivity index (χ2n) is 3.66. The molecule has 0 aliphatic heterocycles. The molecule has 0 bridgehead atoms. The van der Waals surface area contributed by atoms with E-state index in [4.69, 9.17) is 0 Å². The average molecular weight is 194 g/mol. The van der Waals surface area contributed by atoms with Crippen molar-refractivity contribution in [3.63, 3.8) is 0 Å². The molecule has 0 aromatic heterocycles. The number of aldehydes is 1. The fourth-order valence-corrected chi connectivity index (χ4v) is 1.22. The monoisotopic (exact) mass is 194 g/mol. The van der Waals surface area contributed by atoms with Gasteiger partial charge >= 0.3 is 0 Å². The first-order valence-electron chi connectivity index (χ1n) is 5.60. The Balaban J connectivity index is 3.31. The number of rotatable bonds is 8. The summed E-state index contributed by atoms with van der Waals surface area (Å²) in [6.07, 6.45) is 14.6. The normalized spacial score (nSPS) is 12.3. The lowest BCUT2D eigenvalue weighted by Crippen LogP contribution is -1.76. The SMILES string of the molecule is CCCCCCC/C=C/C=C(/C)C=O. The van der Waals surface area contributed by atoms with E-state index >= 15 is 0 Å². The van der Waals surface area contributed by atoms with Gasteiger partial charge in [-0.25, -0.2) is 0 Å². The highest BCUT2D eigenvalue weighted by Crippen LogP contribution is 2.05. The minimum absolute atomic E-state index is 0.784. The van der Waals surface area contributed by atoms with Crippen LogP contribution in [-0.2, 0) is 4.79 Å². The molecular weight excluding hydrogens is 172 g/mol. The molecule has 0 aliphatic carbocycles. The van der Waals surface area contributed by atoms with Crippen LogP contribution in [0.1, 0.15) is 52.4 Å². The van der Waals surface area contributed by atoms with E-state index in [1.165, 1.54) is 32.1 Å². The molecule has 14 heavy (non-hydrogen) atoms. The highest BCUT2D eigenvalue weighted by molar-refractivity contribution is 5.72. The van der Waals surface area contributed by atoms with Crippen LogP contribution >= 0.6 is 0 Å². The van der Waals surface area contributed by atoms with Crippen molar-refractivity contribution in [2.75, 3.05) is 0 Å². The summed E-state index contributed by atoms with van der Waals surface area (Å²) in [6.45, 7) is 4.05. The molecule has 0 N–H and O–H groups in total. The summed E-state index contributed by atoms with van der Waals surface area (Å²) in [6, 6.07) is 0. The summed E-state index contributed by atoms with van der Waals surface area (Å²) in [5, 5.41) is 0.